The van der Waals surface area contributed by atoms with Gasteiger partial charge in [-0.05, 0) is 35.4 Å². The van der Waals surface area contributed by atoms with E-state index in [1.165, 1.54) is 26.3 Å². The van der Waals surface area contributed by atoms with E-state index in [2.05, 4.69) is 9.69 Å². The standard InChI is InChI=1S/C10H18N4O2S3/c1-14(2)19(15,16)8-9(11)13-18-10(8)12-5-7-3-4-17-6-7/h7,12H,3-6H2,1-2H3,(H2,11,13). The predicted octanol–water partition coefficient (Wildman–Crippen LogP) is 1.14. The summed E-state index contributed by atoms with van der Waals surface area (Å²) in [7, 11) is -0.572. The lowest BCUT2D eigenvalue weighted by molar-refractivity contribution is 0.521. The molecule has 0 spiro atoms. The third-order valence-corrected chi connectivity index (χ3v) is 7.06. The molecular weight excluding hydrogens is 304 g/mol. The lowest BCUT2D eigenvalue weighted by atomic mass is 10.1. The Morgan fingerprint density at radius 1 is 1.53 bits per heavy atom. The molecule has 0 radical (unpaired) electrons. The SMILES string of the molecule is CN(C)S(=O)(=O)c1c(N)nsc1NCC1CCSC1. The number of anilines is 2. The third-order valence-electron chi connectivity index (χ3n) is 2.99. The number of rotatable bonds is 5. The molecule has 1 atom stereocenters. The van der Waals surface area contributed by atoms with Crippen molar-refractivity contribution in [3.8, 4) is 0 Å². The molecule has 1 fully saturated rings. The minimum absolute atomic E-state index is 0.0713. The first-order valence-electron chi connectivity index (χ1n) is 5.92. The van der Waals surface area contributed by atoms with E-state index in [-0.39, 0.29) is 10.7 Å². The molecule has 1 aliphatic rings. The van der Waals surface area contributed by atoms with Gasteiger partial charge in [-0.2, -0.15) is 16.1 Å². The minimum Gasteiger partial charge on any atom is -0.382 e. The maximum atomic E-state index is 12.2. The molecule has 108 valence electrons. The molecule has 19 heavy (non-hydrogen) atoms. The number of aromatic nitrogens is 1. The Morgan fingerprint density at radius 2 is 2.26 bits per heavy atom. The number of thioether (sulfide) groups is 1. The van der Waals surface area contributed by atoms with Crippen molar-refractivity contribution in [3.05, 3.63) is 0 Å². The van der Waals surface area contributed by atoms with Crippen LogP contribution < -0.4 is 11.1 Å². The average Bonchev–Trinajstić information content (AvgIpc) is 2.95. The van der Waals surface area contributed by atoms with Crippen LogP contribution in [0.2, 0.25) is 0 Å². The average molecular weight is 322 g/mol. The first kappa shape index (κ1) is 14.9. The van der Waals surface area contributed by atoms with Crippen LogP contribution in [0.5, 0.6) is 0 Å². The van der Waals surface area contributed by atoms with Crippen LogP contribution >= 0.6 is 23.3 Å². The van der Waals surface area contributed by atoms with Gasteiger partial charge < -0.3 is 11.1 Å². The Balaban J connectivity index is 2.17. The van der Waals surface area contributed by atoms with Gasteiger partial charge in [-0.25, -0.2) is 12.7 Å². The van der Waals surface area contributed by atoms with Crippen LogP contribution in [0.25, 0.3) is 0 Å². The highest BCUT2D eigenvalue weighted by molar-refractivity contribution is 7.99. The van der Waals surface area contributed by atoms with Crippen LogP contribution in [0.1, 0.15) is 6.42 Å². The van der Waals surface area contributed by atoms with Gasteiger partial charge in [0.1, 0.15) is 5.00 Å². The molecule has 2 rings (SSSR count). The first-order valence-corrected chi connectivity index (χ1v) is 9.29. The summed E-state index contributed by atoms with van der Waals surface area (Å²) < 4.78 is 29.5. The van der Waals surface area contributed by atoms with Crippen molar-refractivity contribution in [2.45, 2.75) is 11.3 Å². The summed E-state index contributed by atoms with van der Waals surface area (Å²) in [5, 5.41) is 3.74. The lowest BCUT2D eigenvalue weighted by Crippen LogP contribution is -2.24. The Labute approximate surface area is 122 Å². The van der Waals surface area contributed by atoms with Crippen LogP contribution in [-0.4, -0.2) is 49.2 Å². The molecule has 0 amide bonds. The molecule has 9 heteroatoms. The number of sulfonamides is 1. The summed E-state index contributed by atoms with van der Waals surface area (Å²) in [6.07, 6.45) is 1.17. The van der Waals surface area contributed by atoms with Gasteiger partial charge in [-0.15, -0.1) is 0 Å². The molecule has 6 nitrogen and oxygen atoms in total. The lowest BCUT2D eigenvalue weighted by Gasteiger charge is -2.14. The molecular formula is C10H18N4O2S3. The van der Waals surface area contributed by atoms with Gasteiger partial charge >= 0.3 is 0 Å². The molecule has 1 aromatic heterocycles. The zero-order valence-corrected chi connectivity index (χ0v) is 13.4. The summed E-state index contributed by atoms with van der Waals surface area (Å²) in [6, 6.07) is 0. The van der Waals surface area contributed by atoms with E-state index in [1.54, 1.807) is 0 Å². The van der Waals surface area contributed by atoms with E-state index in [0.717, 1.165) is 28.1 Å². The normalized spacial score (nSPS) is 20.1. The maximum Gasteiger partial charge on any atom is 0.249 e. The van der Waals surface area contributed by atoms with Crippen molar-refractivity contribution < 1.29 is 8.42 Å². The summed E-state index contributed by atoms with van der Waals surface area (Å²) in [6.45, 7) is 0.768. The van der Waals surface area contributed by atoms with E-state index >= 15 is 0 Å². The fraction of sp³-hybridized carbons (Fsp3) is 0.700. The summed E-state index contributed by atoms with van der Waals surface area (Å²) in [5.74, 6) is 2.96. The smallest absolute Gasteiger partial charge is 0.249 e. The first-order chi connectivity index (χ1) is 8.93. The molecule has 0 bridgehead atoms. The highest BCUT2D eigenvalue weighted by Gasteiger charge is 2.28. The molecule has 1 aliphatic heterocycles. The number of nitrogens with zero attached hydrogens (tertiary/aromatic N) is 2. The number of nitrogens with two attached hydrogens (primary N) is 1. The minimum atomic E-state index is -3.55. The van der Waals surface area contributed by atoms with Gasteiger partial charge in [0, 0.05) is 20.6 Å². The topological polar surface area (TPSA) is 88.3 Å². The highest BCUT2D eigenvalue weighted by Crippen LogP contribution is 2.33. The van der Waals surface area contributed by atoms with Crippen LogP contribution in [0, 0.1) is 5.92 Å². The van der Waals surface area contributed by atoms with Crippen LogP contribution in [-0.2, 0) is 10.0 Å². The molecule has 1 aromatic rings. The number of nitrogen functional groups attached to an aromatic ring is 1. The van der Waals surface area contributed by atoms with Gasteiger partial charge in [0.05, 0.1) is 0 Å². The highest BCUT2D eigenvalue weighted by atomic mass is 32.2. The van der Waals surface area contributed by atoms with Crippen molar-refractivity contribution in [2.75, 3.05) is 43.2 Å². The largest absolute Gasteiger partial charge is 0.382 e. The zero-order valence-electron chi connectivity index (χ0n) is 10.9. The summed E-state index contributed by atoms with van der Waals surface area (Å²) in [4.78, 5) is 0.105. The molecule has 0 aromatic carbocycles. The van der Waals surface area contributed by atoms with Gasteiger partial charge in [-0.3, -0.25) is 0 Å². The number of nitrogens with one attached hydrogen (secondary N) is 1. The van der Waals surface area contributed by atoms with E-state index in [4.69, 9.17) is 5.73 Å². The second-order valence-electron chi connectivity index (χ2n) is 4.62. The predicted molar refractivity (Wildman–Crippen MR) is 81.3 cm³/mol. The molecule has 1 unspecified atom stereocenters. The van der Waals surface area contributed by atoms with E-state index in [0.29, 0.717) is 10.9 Å². The van der Waals surface area contributed by atoms with Crippen LogP contribution in [0.4, 0.5) is 10.8 Å². The Hall–Kier alpha value is -0.510. The maximum absolute atomic E-state index is 12.2. The Kier molecular flexibility index (Phi) is 4.59. The van der Waals surface area contributed by atoms with Crippen LogP contribution in [0.15, 0.2) is 4.90 Å². The number of hydrogen-bond acceptors (Lipinski definition) is 7. The molecule has 1 saturated heterocycles. The zero-order chi connectivity index (χ0) is 14.0. The van der Waals surface area contributed by atoms with Crippen molar-refractivity contribution in [1.29, 1.82) is 0 Å². The van der Waals surface area contributed by atoms with E-state index < -0.39 is 10.0 Å². The van der Waals surface area contributed by atoms with Crippen molar-refractivity contribution in [1.82, 2.24) is 8.68 Å². The summed E-state index contributed by atoms with van der Waals surface area (Å²) in [5.41, 5.74) is 5.70. The fourth-order valence-electron chi connectivity index (χ4n) is 1.82. The van der Waals surface area contributed by atoms with E-state index in [1.807, 2.05) is 11.8 Å². The van der Waals surface area contributed by atoms with Crippen molar-refractivity contribution >= 4 is 44.1 Å². The summed E-state index contributed by atoms with van der Waals surface area (Å²) >= 11 is 3.04. The molecule has 3 N–H and O–H groups in total. The third kappa shape index (κ3) is 3.15. The Bertz CT molecular complexity index is 535. The number of hydrogen-bond donors (Lipinski definition) is 2. The monoisotopic (exact) mass is 322 g/mol. The van der Waals surface area contributed by atoms with Gasteiger partial charge in [0.15, 0.2) is 10.7 Å². The van der Waals surface area contributed by atoms with Gasteiger partial charge in [0.2, 0.25) is 10.0 Å². The molecule has 0 aliphatic carbocycles. The van der Waals surface area contributed by atoms with Crippen molar-refractivity contribution in [2.24, 2.45) is 5.92 Å². The van der Waals surface area contributed by atoms with Crippen molar-refractivity contribution in [3.63, 3.8) is 0 Å². The molecule has 2 heterocycles. The second kappa shape index (κ2) is 5.86. The van der Waals surface area contributed by atoms with Crippen LogP contribution in [0.3, 0.4) is 0 Å². The Morgan fingerprint density at radius 3 is 2.84 bits per heavy atom. The van der Waals surface area contributed by atoms with Gasteiger partial charge in [0.25, 0.3) is 0 Å². The fourth-order valence-corrected chi connectivity index (χ4v) is 5.19. The van der Waals surface area contributed by atoms with E-state index in [9.17, 15) is 8.42 Å². The molecule has 0 saturated carbocycles. The second-order valence-corrected chi connectivity index (χ2v) is 8.64. The van der Waals surface area contributed by atoms with Gasteiger partial charge in [-0.1, -0.05) is 0 Å². The quantitative estimate of drug-likeness (QED) is 0.845.